The van der Waals surface area contributed by atoms with Gasteiger partial charge in [0.15, 0.2) is 12.0 Å². The largest absolute Gasteiger partial charge is 0.480 e. The number of ether oxygens (including phenoxy) is 4. The molecular weight excluding hydrogens is 590 g/mol. The monoisotopic (exact) mass is 623 g/mol. The van der Waals surface area contributed by atoms with E-state index in [1.807, 2.05) is 48.5 Å². The van der Waals surface area contributed by atoms with E-state index < -0.39 is 59.7 Å². The first kappa shape index (κ1) is 30.1. The molecule has 3 heterocycles. The van der Waals surface area contributed by atoms with E-state index in [1.165, 1.54) is 22.5 Å². The number of hydrogen-bond acceptors (Lipinski definition) is 9. The molecule has 0 bridgehead atoms. The summed E-state index contributed by atoms with van der Waals surface area (Å²) < 4.78 is 25.1. The molecule has 12 nitrogen and oxygen atoms in total. The SMILES string of the molecule is Cc1cn([C@@H]2O[C@H](CSC[C@@H](NC(=O)OCC3c4ccccc4-c4ccccc43)C(=O)O)[C@H]3OC(C)(C)O[C@H]32)c(=O)[nH]c1=O. The fourth-order valence-electron chi connectivity index (χ4n) is 6.05. The number of aromatic amines is 1. The number of nitrogens with one attached hydrogen (secondary N) is 2. The number of aryl methyl sites for hydroxylation is 1. The molecule has 13 heteroatoms. The number of amides is 1. The number of benzene rings is 2. The highest BCUT2D eigenvalue weighted by molar-refractivity contribution is 7.99. The van der Waals surface area contributed by atoms with E-state index in [0.717, 1.165) is 22.3 Å². The average Bonchev–Trinajstić information content (AvgIpc) is 3.59. The van der Waals surface area contributed by atoms with Crippen LogP contribution < -0.4 is 16.6 Å². The Bertz CT molecular complexity index is 1660. The minimum Gasteiger partial charge on any atom is -0.480 e. The maximum Gasteiger partial charge on any atom is 0.407 e. The molecule has 2 fully saturated rings. The van der Waals surface area contributed by atoms with E-state index in [4.69, 9.17) is 18.9 Å². The summed E-state index contributed by atoms with van der Waals surface area (Å²) in [5.41, 5.74) is 3.52. The molecule has 3 N–H and O–H groups in total. The number of rotatable bonds is 9. The number of nitrogens with zero attached hydrogens (tertiary/aromatic N) is 1. The molecule has 0 unspecified atom stereocenters. The first-order valence-electron chi connectivity index (χ1n) is 14.3. The van der Waals surface area contributed by atoms with Gasteiger partial charge in [-0.05, 0) is 43.0 Å². The van der Waals surface area contributed by atoms with Crippen LogP contribution in [-0.2, 0) is 23.7 Å². The van der Waals surface area contributed by atoms with E-state index in [1.54, 1.807) is 20.8 Å². The number of thioether (sulfide) groups is 1. The number of carboxylic acid groups (broad SMARTS) is 1. The van der Waals surface area contributed by atoms with Crippen LogP contribution in [0.4, 0.5) is 4.79 Å². The lowest BCUT2D eigenvalue weighted by molar-refractivity contribution is -0.194. The van der Waals surface area contributed by atoms with Crippen LogP contribution in [0, 0.1) is 6.92 Å². The third-order valence-corrected chi connectivity index (χ3v) is 9.18. The fraction of sp³-hybridized carbons (Fsp3) is 0.419. The van der Waals surface area contributed by atoms with Gasteiger partial charge in [-0.25, -0.2) is 14.4 Å². The Hall–Kier alpha value is -3.91. The van der Waals surface area contributed by atoms with Crippen LogP contribution in [0.5, 0.6) is 0 Å². The zero-order chi connectivity index (χ0) is 31.2. The summed E-state index contributed by atoms with van der Waals surface area (Å²) in [5, 5.41) is 12.3. The van der Waals surface area contributed by atoms with Crippen molar-refractivity contribution < 1.29 is 33.6 Å². The second-order valence-electron chi connectivity index (χ2n) is 11.5. The van der Waals surface area contributed by atoms with E-state index in [-0.39, 0.29) is 18.3 Å². The summed E-state index contributed by atoms with van der Waals surface area (Å²) in [6.45, 7) is 5.16. The highest BCUT2D eigenvalue weighted by Gasteiger charge is 2.56. The minimum atomic E-state index is -1.22. The van der Waals surface area contributed by atoms with Gasteiger partial charge in [0, 0.05) is 29.2 Å². The van der Waals surface area contributed by atoms with Crippen LogP contribution in [0.15, 0.2) is 64.3 Å². The zero-order valence-corrected chi connectivity index (χ0v) is 25.2. The van der Waals surface area contributed by atoms with Crippen molar-refractivity contribution in [3.05, 3.63) is 92.3 Å². The normalized spacial score (nSPS) is 23.9. The van der Waals surface area contributed by atoms with Gasteiger partial charge in [-0.2, -0.15) is 11.8 Å². The average molecular weight is 624 g/mol. The van der Waals surface area contributed by atoms with Crippen molar-refractivity contribution >= 4 is 23.8 Å². The molecular formula is C31H33N3O9S. The van der Waals surface area contributed by atoms with Gasteiger partial charge in [0.25, 0.3) is 5.56 Å². The number of hydrogen-bond donors (Lipinski definition) is 3. The molecule has 6 rings (SSSR count). The number of carbonyl (C=O) groups excluding carboxylic acids is 1. The standard InChI is InChI=1S/C31H33N3O9S/c1-16-12-34(29(38)33-26(16)35)27-25-24(42-31(2,3)43-25)23(41-27)15-44-14-22(28(36)37)32-30(39)40-13-21-19-10-6-4-8-17(19)18-9-5-7-11-20(18)21/h4-12,21-25,27H,13-15H2,1-3H3,(H,32,39)(H,36,37)(H,33,35,38)/t22-,23-,24-,25-,27-/m1/s1. The lowest BCUT2D eigenvalue weighted by atomic mass is 9.98. The van der Waals surface area contributed by atoms with Crippen LogP contribution in [0.1, 0.15) is 42.7 Å². The summed E-state index contributed by atoms with van der Waals surface area (Å²) in [7, 11) is 0. The zero-order valence-electron chi connectivity index (χ0n) is 24.4. The second kappa shape index (κ2) is 11.9. The van der Waals surface area contributed by atoms with Crippen molar-refractivity contribution in [2.24, 2.45) is 0 Å². The Kier molecular flexibility index (Phi) is 8.14. The van der Waals surface area contributed by atoms with E-state index in [9.17, 15) is 24.3 Å². The van der Waals surface area contributed by atoms with Gasteiger partial charge in [-0.15, -0.1) is 0 Å². The number of H-pyrrole nitrogens is 1. The number of aliphatic carboxylic acids is 1. The highest BCUT2D eigenvalue weighted by Crippen LogP contribution is 2.45. The van der Waals surface area contributed by atoms with Gasteiger partial charge in [-0.1, -0.05) is 48.5 Å². The highest BCUT2D eigenvalue weighted by atomic mass is 32.2. The molecule has 3 aliphatic rings. The van der Waals surface area contributed by atoms with Crippen LogP contribution >= 0.6 is 11.8 Å². The maximum absolute atomic E-state index is 12.7. The van der Waals surface area contributed by atoms with Crippen molar-refractivity contribution in [3.63, 3.8) is 0 Å². The number of carboxylic acids is 1. The van der Waals surface area contributed by atoms with Crippen molar-refractivity contribution in [2.75, 3.05) is 18.1 Å². The molecule has 2 aromatic carbocycles. The summed E-state index contributed by atoms with van der Waals surface area (Å²) in [4.78, 5) is 51.5. The number of aromatic nitrogens is 2. The first-order valence-corrected chi connectivity index (χ1v) is 15.4. The van der Waals surface area contributed by atoms with Crippen molar-refractivity contribution in [1.82, 2.24) is 14.9 Å². The van der Waals surface area contributed by atoms with Crippen molar-refractivity contribution in [1.29, 1.82) is 0 Å². The lowest BCUT2D eigenvalue weighted by Gasteiger charge is -2.25. The van der Waals surface area contributed by atoms with Crippen LogP contribution in [-0.4, -0.2) is 75.0 Å². The minimum absolute atomic E-state index is 0.0312. The number of alkyl carbamates (subject to hydrolysis) is 1. The second-order valence-corrected chi connectivity index (χ2v) is 12.6. The maximum atomic E-state index is 12.7. The molecule has 1 aliphatic carbocycles. The lowest BCUT2D eigenvalue weighted by Crippen LogP contribution is -2.43. The molecule has 0 radical (unpaired) electrons. The van der Waals surface area contributed by atoms with Crippen LogP contribution in [0.3, 0.4) is 0 Å². The van der Waals surface area contributed by atoms with Gasteiger partial charge in [0.05, 0.1) is 6.10 Å². The number of carbonyl (C=O) groups is 2. The van der Waals surface area contributed by atoms with Crippen LogP contribution in [0.2, 0.25) is 0 Å². The third-order valence-electron chi connectivity index (χ3n) is 8.05. The third kappa shape index (κ3) is 5.80. The van der Waals surface area contributed by atoms with Gasteiger partial charge in [0.1, 0.15) is 24.9 Å². The van der Waals surface area contributed by atoms with E-state index in [2.05, 4.69) is 10.3 Å². The quantitative estimate of drug-likeness (QED) is 0.324. The molecule has 232 valence electrons. The number of fused-ring (bicyclic) bond motifs is 4. The van der Waals surface area contributed by atoms with Gasteiger partial charge < -0.3 is 29.4 Å². The molecule has 0 saturated carbocycles. The summed E-state index contributed by atoms with van der Waals surface area (Å²) in [5.74, 6) is -1.96. The molecule has 5 atom stereocenters. The van der Waals surface area contributed by atoms with Gasteiger partial charge >= 0.3 is 17.8 Å². The van der Waals surface area contributed by atoms with E-state index >= 15 is 0 Å². The first-order chi connectivity index (χ1) is 21.0. The predicted octanol–water partition coefficient (Wildman–Crippen LogP) is 2.99. The van der Waals surface area contributed by atoms with Crippen LogP contribution in [0.25, 0.3) is 11.1 Å². The van der Waals surface area contributed by atoms with Gasteiger partial charge in [0.2, 0.25) is 0 Å². The Morgan fingerprint density at radius 3 is 2.36 bits per heavy atom. The van der Waals surface area contributed by atoms with E-state index in [0.29, 0.717) is 11.3 Å². The van der Waals surface area contributed by atoms with Crippen molar-refractivity contribution in [3.8, 4) is 11.1 Å². The molecule has 2 aliphatic heterocycles. The molecule has 0 spiro atoms. The molecule has 1 amide bonds. The van der Waals surface area contributed by atoms with Gasteiger partial charge in [-0.3, -0.25) is 14.3 Å². The fourth-order valence-corrected chi connectivity index (χ4v) is 7.15. The predicted molar refractivity (Wildman–Crippen MR) is 161 cm³/mol. The molecule has 2 saturated heterocycles. The summed E-state index contributed by atoms with van der Waals surface area (Å²) >= 11 is 1.25. The smallest absolute Gasteiger partial charge is 0.407 e. The molecule has 44 heavy (non-hydrogen) atoms. The Morgan fingerprint density at radius 2 is 1.70 bits per heavy atom. The Balaban J connectivity index is 1.07. The van der Waals surface area contributed by atoms with Crippen molar-refractivity contribution in [2.45, 2.75) is 63.1 Å². The summed E-state index contributed by atoms with van der Waals surface area (Å²) in [6.07, 6.45) is -1.98. The Labute approximate surface area is 256 Å². The Morgan fingerprint density at radius 1 is 1.07 bits per heavy atom. The molecule has 3 aromatic rings. The molecule has 1 aromatic heterocycles. The summed E-state index contributed by atoms with van der Waals surface area (Å²) in [6, 6.07) is 14.7. The topological polar surface area (TPSA) is 158 Å².